The van der Waals surface area contributed by atoms with Crippen LogP contribution in [0.5, 0.6) is 0 Å². The highest BCUT2D eigenvalue weighted by molar-refractivity contribution is 6.05. The lowest BCUT2D eigenvalue weighted by atomic mass is 10.1. The smallest absolute Gasteiger partial charge is 0.417 e. The van der Waals surface area contributed by atoms with Gasteiger partial charge in [-0.3, -0.25) is 4.79 Å². The van der Waals surface area contributed by atoms with Gasteiger partial charge >= 0.3 is 12.3 Å². The van der Waals surface area contributed by atoms with Crippen LogP contribution in [0.3, 0.4) is 0 Å². The molecule has 0 N–H and O–H groups in total. The Morgan fingerprint density at radius 3 is 2.63 bits per heavy atom. The van der Waals surface area contributed by atoms with Crippen LogP contribution >= 0.6 is 0 Å². The third-order valence-electron chi connectivity index (χ3n) is 4.23. The van der Waals surface area contributed by atoms with Crippen LogP contribution in [-0.2, 0) is 15.7 Å². The van der Waals surface area contributed by atoms with Crippen LogP contribution in [0.15, 0.2) is 12.3 Å². The minimum atomic E-state index is -4.75. The van der Waals surface area contributed by atoms with E-state index >= 15 is 0 Å². The number of fused-ring (bicyclic) bond motifs is 3. The number of likely N-dealkylation sites (N-methyl/N-ethyl adjacent to an activating group) is 1. The number of amides is 2. The van der Waals surface area contributed by atoms with Crippen molar-refractivity contribution in [3.8, 4) is 0 Å². The van der Waals surface area contributed by atoms with E-state index in [1.54, 1.807) is 20.8 Å². The Morgan fingerprint density at radius 1 is 1.33 bits per heavy atom. The molecule has 0 bridgehead atoms. The van der Waals surface area contributed by atoms with Gasteiger partial charge in [0.05, 0.1) is 17.8 Å². The minimum Gasteiger partial charge on any atom is -0.444 e. The Morgan fingerprint density at radius 2 is 2.04 bits per heavy atom. The lowest BCUT2D eigenvalue weighted by Crippen LogP contribution is -2.63. The number of carbonyl (C=O) groups is 2. The van der Waals surface area contributed by atoms with E-state index in [2.05, 4.69) is 4.98 Å². The highest BCUT2D eigenvalue weighted by Crippen LogP contribution is 2.39. The predicted molar refractivity (Wildman–Crippen MR) is 91.6 cm³/mol. The van der Waals surface area contributed by atoms with Gasteiger partial charge < -0.3 is 19.4 Å². The van der Waals surface area contributed by atoms with Crippen molar-refractivity contribution in [3.05, 3.63) is 17.8 Å². The number of nitrogens with zero attached hydrogens (tertiary/aromatic N) is 4. The number of rotatable bonds is 0. The standard InChI is InChI=1S/C17H21F3N4O3/c1-16(2,3)27-15(26)23-5-6-24-12(9-23)14(25)22(4)11-7-10(17(18,19)20)8-21-13(11)24/h7-8,12H,5-6,9H2,1-4H3/t12-/m0/s1/i4D3. The summed E-state index contributed by atoms with van der Waals surface area (Å²) in [6.07, 6.45) is -4.82. The highest BCUT2D eigenvalue weighted by Gasteiger charge is 2.44. The van der Waals surface area contributed by atoms with Crippen molar-refractivity contribution in [2.45, 2.75) is 38.6 Å². The topological polar surface area (TPSA) is 66.0 Å². The average Bonchev–Trinajstić information content (AvgIpc) is 2.57. The fraction of sp³-hybridized carbons (Fsp3) is 0.588. The number of piperazine rings is 1. The van der Waals surface area contributed by atoms with Crippen LogP contribution in [0.1, 0.15) is 30.4 Å². The summed E-state index contributed by atoms with van der Waals surface area (Å²) in [6, 6.07) is -0.494. The zero-order valence-electron chi connectivity index (χ0n) is 18.0. The first-order valence-corrected chi connectivity index (χ1v) is 8.25. The maximum absolute atomic E-state index is 13.1. The lowest BCUT2D eigenvalue weighted by Gasteiger charge is -2.46. The van der Waals surface area contributed by atoms with Crippen LogP contribution in [0.4, 0.5) is 29.5 Å². The number of aromatic nitrogens is 1. The zero-order chi connectivity index (χ0) is 22.6. The molecule has 3 heterocycles. The van der Waals surface area contributed by atoms with Crippen LogP contribution in [0, 0.1) is 0 Å². The van der Waals surface area contributed by atoms with E-state index in [9.17, 15) is 22.8 Å². The number of anilines is 2. The fourth-order valence-corrected chi connectivity index (χ4v) is 2.99. The van der Waals surface area contributed by atoms with E-state index in [1.807, 2.05) is 0 Å². The molecule has 0 radical (unpaired) electrons. The number of halogens is 3. The Bertz CT molecular complexity index is 871. The molecule has 1 atom stereocenters. The molecule has 7 nitrogen and oxygen atoms in total. The molecule has 148 valence electrons. The molecule has 3 rings (SSSR count). The van der Waals surface area contributed by atoms with Gasteiger partial charge in [0.25, 0.3) is 5.91 Å². The van der Waals surface area contributed by atoms with Crippen LogP contribution in [-0.4, -0.2) is 60.1 Å². The molecule has 27 heavy (non-hydrogen) atoms. The van der Waals surface area contributed by atoms with Gasteiger partial charge in [0.2, 0.25) is 0 Å². The summed E-state index contributed by atoms with van der Waals surface area (Å²) in [6.45, 7) is 2.05. The van der Waals surface area contributed by atoms with Gasteiger partial charge in [-0.25, -0.2) is 9.78 Å². The molecule has 2 amide bonds. The highest BCUT2D eigenvalue weighted by atomic mass is 19.4. The summed E-state index contributed by atoms with van der Waals surface area (Å²) >= 11 is 0. The number of carbonyl (C=O) groups excluding carboxylic acids is 2. The van der Waals surface area contributed by atoms with Gasteiger partial charge in [0, 0.05) is 30.4 Å². The predicted octanol–water partition coefficient (Wildman–Crippen LogP) is 2.50. The monoisotopic (exact) mass is 389 g/mol. The second-order valence-corrected chi connectivity index (χ2v) is 7.37. The molecular weight excluding hydrogens is 365 g/mol. The molecule has 1 aromatic heterocycles. The van der Waals surface area contributed by atoms with E-state index in [0.29, 0.717) is 17.2 Å². The molecule has 0 aliphatic carbocycles. The Labute approximate surface area is 158 Å². The zero-order valence-corrected chi connectivity index (χ0v) is 15.0. The van der Waals surface area contributed by atoms with Crippen molar-refractivity contribution < 1.29 is 31.6 Å². The van der Waals surface area contributed by atoms with E-state index < -0.39 is 48.0 Å². The maximum atomic E-state index is 13.1. The SMILES string of the molecule is [2H]C([2H])([2H])N1C(=O)[C@@H]2CN(C(=O)OC(C)(C)C)CCN2c2ncc(C(F)(F)F)cc21. The number of alkyl halides is 3. The minimum absolute atomic E-state index is 0.0486. The second kappa shape index (κ2) is 6.28. The molecule has 0 unspecified atom stereocenters. The number of pyridine rings is 1. The summed E-state index contributed by atoms with van der Waals surface area (Å²) in [5.74, 6) is -0.982. The van der Waals surface area contributed by atoms with Gasteiger partial charge in [0.1, 0.15) is 11.6 Å². The third-order valence-corrected chi connectivity index (χ3v) is 4.23. The van der Waals surface area contributed by atoms with E-state index in [4.69, 9.17) is 8.85 Å². The quantitative estimate of drug-likeness (QED) is 0.682. The van der Waals surface area contributed by atoms with Gasteiger partial charge in [-0.1, -0.05) is 0 Å². The van der Waals surface area contributed by atoms with Gasteiger partial charge in [0.15, 0.2) is 5.82 Å². The molecule has 1 aromatic rings. The van der Waals surface area contributed by atoms with Crippen molar-refractivity contribution in [2.24, 2.45) is 0 Å². The first-order valence-electron chi connectivity index (χ1n) is 9.75. The van der Waals surface area contributed by atoms with Gasteiger partial charge in [-0.2, -0.15) is 13.2 Å². The van der Waals surface area contributed by atoms with Gasteiger partial charge in [-0.05, 0) is 26.8 Å². The summed E-state index contributed by atoms with van der Waals surface area (Å²) in [5, 5.41) is 0. The Balaban J connectivity index is 2.00. The van der Waals surface area contributed by atoms with E-state index in [0.717, 1.165) is 0 Å². The molecule has 1 fully saturated rings. The van der Waals surface area contributed by atoms with Crippen LogP contribution in [0.25, 0.3) is 0 Å². The summed E-state index contributed by atoms with van der Waals surface area (Å²) in [4.78, 5) is 32.3. The average molecular weight is 389 g/mol. The molecule has 2 aliphatic rings. The van der Waals surface area contributed by atoms with Crippen molar-refractivity contribution in [1.29, 1.82) is 0 Å². The molecule has 2 aliphatic heterocycles. The van der Waals surface area contributed by atoms with Gasteiger partial charge in [-0.15, -0.1) is 0 Å². The molecule has 0 aromatic carbocycles. The van der Waals surface area contributed by atoms with Crippen LogP contribution in [0.2, 0.25) is 0 Å². The fourth-order valence-electron chi connectivity index (χ4n) is 2.99. The molecular formula is C17H21F3N4O3. The molecule has 1 saturated heterocycles. The largest absolute Gasteiger partial charge is 0.444 e. The summed E-state index contributed by atoms with van der Waals surface area (Å²) < 4.78 is 67.7. The second-order valence-electron chi connectivity index (χ2n) is 7.37. The summed E-state index contributed by atoms with van der Waals surface area (Å²) in [7, 11) is 0. The number of hydrogen-bond donors (Lipinski definition) is 0. The maximum Gasteiger partial charge on any atom is 0.417 e. The van der Waals surface area contributed by atoms with E-state index in [-0.39, 0.29) is 25.5 Å². The normalized spacial score (nSPS) is 22.4. The molecule has 10 heteroatoms. The first kappa shape index (κ1) is 15.5. The van der Waals surface area contributed by atoms with E-state index in [1.165, 1.54) is 9.80 Å². The molecule has 0 spiro atoms. The molecule has 0 saturated carbocycles. The van der Waals surface area contributed by atoms with Crippen molar-refractivity contribution in [3.63, 3.8) is 0 Å². The van der Waals surface area contributed by atoms with Crippen molar-refractivity contribution in [2.75, 3.05) is 36.4 Å². The van der Waals surface area contributed by atoms with Crippen molar-refractivity contribution >= 4 is 23.5 Å². The summed E-state index contributed by atoms with van der Waals surface area (Å²) in [5.41, 5.74) is -2.36. The Kier molecular flexibility index (Phi) is 3.61. The number of ether oxygens (including phenoxy) is 1. The van der Waals surface area contributed by atoms with Crippen molar-refractivity contribution in [1.82, 2.24) is 9.88 Å². The van der Waals surface area contributed by atoms with Crippen LogP contribution < -0.4 is 9.80 Å². The first-order chi connectivity index (χ1) is 13.6. The Hall–Kier alpha value is -2.52. The third kappa shape index (κ3) is 3.65. The lowest BCUT2D eigenvalue weighted by molar-refractivity contribution is -0.138. The number of hydrogen-bond acceptors (Lipinski definition) is 5.